The molecule has 206 valence electrons. The topological polar surface area (TPSA) is 102 Å². The number of aliphatic hydroxyl groups is 1. The van der Waals surface area contributed by atoms with Crippen molar-refractivity contribution in [2.75, 3.05) is 6.61 Å². The fourth-order valence-electron chi connectivity index (χ4n) is 8.36. The number of hydrogen-bond donors (Lipinski definition) is 2. The van der Waals surface area contributed by atoms with Crippen LogP contribution in [-0.2, 0) is 25.6 Å². The number of Topliss-reactive ketones (excluding diaryl/α,β-unsaturated/α-hetero) is 1. The molecular weight excluding hydrogens is 483 g/mol. The molecule has 1 aromatic carbocycles. The van der Waals surface area contributed by atoms with Gasteiger partial charge in [0.2, 0.25) is 0 Å². The van der Waals surface area contributed by atoms with Crippen molar-refractivity contribution < 1.29 is 33.8 Å². The van der Waals surface area contributed by atoms with Crippen molar-refractivity contribution in [3.63, 3.8) is 0 Å². The number of rotatable bonds is 5. The molecule has 0 radical (unpaired) electrons. The van der Waals surface area contributed by atoms with E-state index >= 15 is 0 Å². The van der Waals surface area contributed by atoms with E-state index in [4.69, 9.17) is 14.1 Å². The molecule has 3 fully saturated rings. The molecule has 3 aliphatic carbocycles. The third kappa shape index (κ3) is 3.97. The van der Waals surface area contributed by atoms with Crippen LogP contribution in [0, 0.1) is 40.9 Å². The lowest BCUT2D eigenvalue weighted by molar-refractivity contribution is -0.207. The minimum Gasteiger partial charge on any atom is -0.482 e. The Morgan fingerprint density at radius 2 is 2.03 bits per heavy atom. The zero-order chi connectivity index (χ0) is 27.6. The highest BCUT2D eigenvalue weighted by atomic mass is 16.6. The highest BCUT2D eigenvalue weighted by Gasteiger charge is 2.68. The highest BCUT2D eigenvalue weighted by Crippen LogP contribution is 2.68. The predicted molar refractivity (Wildman–Crippen MR) is 144 cm³/mol. The monoisotopic (exact) mass is 524 g/mol. The average molecular weight is 524 g/mol. The number of aliphatic hydroxyl groups excluding tert-OH is 1. The van der Waals surface area contributed by atoms with E-state index in [0.29, 0.717) is 30.7 Å². The van der Waals surface area contributed by atoms with Crippen molar-refractivity contribution in [1.29, 1.82) is 0 Å². The number of ketones is 1. The van der Waals surface area contributed by atoms with E-state index in [-0.39, 0.29) is 35.6 Å². The van der Waals surface area contributed by atoms with Gasteiger partial charge in [-0.2, -0.15) is 0 Å². The molecule has 2 bridgehead atoms. The summed E-state index contributed by atoms with van der Waals surface area (Å²) in [5, 5.41) is 21.7. The number of benzene rings is 1. The molecule has 4 aliphatic rings. The Morgan fingerprint density at radius 3 is 2.74 bits per heavy atom. The molecule has 8 heteroatoms. The van der Waals surface area contributed by atoms with E-state index in [9.17, 15) is 19.7 Å². The third-order valence-corrected chi connectivity index (χ3v) is 11.0. The molecule has 7 nitrogen and oxygen atoms in total. The fraction of sp³-hybridized carbons (Fsp3) is 0.667. The van der Waals surface area contributed by atoms with Crippen LogP contribution in [0.4, 0.5) is 0 Å². The Labute approximate surface area is 226 Å². The molecule has 38 heavy (non-hydrogen) atoms. The van der Waals surface area contributed by atoms with E-state index in [1.807, 2.05) is 19.9 Å². The van der Waals surface area contributed by atoms with E-state index in [1.165, 1.54) is 0 Å². The quantitative estimate of drug-likeness (QED) is 0.345. The molecule has 1 heterocycles. The lowest BCUT2D eigenvalue weighted by Crippen LogP contribution is -2.63. The molecule has 0 spiro atoms. The molecule has 3 saturated carbocycles. The first kappa shape index (κ1) is 27.4. The van der Waals surface area contributed by atoms with Gasteiger partial charge in [0.1, 0.15) is 17.6 Å². The number of ether oxygens (including phenoxy) is 2. The van der Waals surface area contributed by atoms with Gasteiger partial charge < -0.3 is 24.3 Å². The van der Waals surface area contributed by atoms with Crippen molar-refractivity contribution in [3.05, 3.63) is 35.9 Å². The maximum atomic E-state index is 13.5. The minimum atomic E-state index is -1.00. The molecule has 2 N–H and O–H groups in total. The Hall–Kier alpha value is -2.16. The summed E-state index contributed by atoms with van der Waals surface area (Å²) in [7, 11) is -1.00. The molecule has 5 rings (SSSR count). The van der Waals surface area contributed by atoms with Crippen LogP contribution in [0.1, 0.15) is 70.9 Å². The van der Waals surface area contributed by atoms with E-state index < -0.39 is 36.1 Å². The second-order valence-corrected chi connectivity index (χ2v) is 12.8. The maximum absolute atomic E-state index is 13.5. The summed E-state index contributed by atoms with van der Waals surface area (Å²) in [6, 6.07) is 3.61. The van der Waals surface area contributed by atoms with Gasteiger partial charge in [-0.25, -0.2) is 4.79 Å². The van der Waals surface area contributed by atoms with E-state index in [0.717, 1.165) is 30.4 Å². The predicted octanol–water partition coefficient (Wildman–Crippen LogP) is 3.50. The first-order valence-electron chi connectivity index (χ1n) is 14.0. The summed E-state index contributed by atoms with van der Waals surface area (Å²) in [5.41, 5.74) is 0.827. The smallest absolute Gasteiger partial charge is 0.482 e. The van der Waals surface area contributed by atoms with Crippen molar-refractivity contribution in [1.82, 2.24) is 0 Å². The lowest BCUT2D eigenvalue weighted by Gasteiger charge is -2.61. The van der Waals surface area contributed by atoms with Crippen LogP contribution in [0.25, 0.3) is 0 Å². The summed E-state index contributed by atoms with van der Waals surface area (Å²) in [4.78, 5) is 26.8. The van der Waals surface area contributed by atoms with Gasteiger partial charge in [-0.3, -0.25) is 4.79 Å². The summed E-state index contributed by atoms with van der Waals surface area (Å²) in [5.74, 6) is 0.0277. The second-order valence-electron chi connectivity index (χ2n) is 12.8. The molecular formula is C30H41BO7. The maximum Gasteiger partial charge on any atom is 0.491 e. The standard InChI is InChI=1S/C30H41BO7/c1-7-28(5)14-24(38-25(33)16-36-23-13-21-20(12-17(23)2)15-37-31(21)35)29(6)18(3)8-10-30(19(4)27(28)34)11-9-22(32)26(29)30/h7,12-13,18-19,24,26-27,34-35H,1,8-11,14-16H2,2-6H3/t18-,19+,24-,26+,27+,28-,29+,30+/m1/s1. The number of carbonyl (C=O) groups excluding carboxylic acids is 2. The summed E-state index contributed by atoms with van der Waals surface area (Å²) in [6.07, 6.45) is 3.98. The molecule has 8 atom stereocenters. The Morgan fingerprint density at radius 1 is 1.29 bits per heavy atom. The van der Waals surface area contributed by atoms with Gasteiger partial charge in [-0.1, -0.05) is 39.8 Å². The number of aryl methyl sites for hydroxylation is 1. The minimum absolute atomic E-state index is 0.0733. The first-order valence-corrected chi connectivity index (χ1v) is 14.0. The lowest BCUT2D eigenvalue weighted by atomic mass is 9.44. The average Bonchev–Trinajstić information content (AvgIpc) is 3.43. The second kappa shape index (κ2) is 9.49. The first-order chi connectivity index (χ1) is 17.9. The Kier molecular flexibility index (Phi) is 6.85. The van der Waals surface area contributed by atoms with Crippen LogP contribution in [0.5, 0.6) is 5.75 Å². The number of fused-ring (bicyclic) bond motifs is 1. The van der Waals surface area contributed by atoms with E-state index in [2.05, 4.69) is 27.4 Å². The number of esters is 1. The van der Waals surface area contributed by atoms with Crippen LogP contribution in [-0.4, -0.2) is 47.8 Å². The Balaban J connectivity index is 1.44. The van der Waals surface area contributed by atoms with Gasteiger partial charge in [-0.15, -0.1) is 6.58 Å². The Bertz CT molecular complexity index is 1150. The molecule has 0 saturated heterocycles. The van der Waals surface area contributed by atoms with E-state index in [1.54, 1.807) is 12.1 Å². The molecule has 0 amide bonds. The van der Waals surface area contributed by atoms with Crippen LogP contribution in [0.3, 0.4) is 0 Å². The molecule has 1 aliphatic heterocycles. The zero-order valence-electron chi connectivity index (χ0n) is 23.3. The van der Waals surface area contributed by atoms with Gasteiger partial charge in [-0.05, 0) is 72.5 Å². The van der Waals surface area contributed by atoms with Crippen LogP contribution in [0.15, 0.2) is 24.8 Å². The van der Waals surface area contributed by atoms with Crippen molar-refractivity contribution >= 4 is 24.3 Å². The zero-order valence-corrected chi connectivity index (χ0v) is 23.3. The summed E-state index contributed by atoms with van der Waals surface area (Å²) >= 11 is 0. The summed E-state index contributed by atoms with van der Waals surface area (Å²) in [6.45, 7) is 14.3. The van der Waals surface area contributed by atoms with Gasteiger partial charge in [0.25, 0.3) is 0 Å². The van der Waals surface area contributed by atoms with Gasteiger partial charge in [0, 0.05) is 23.2 Å². The molecule has 0 unspecified atom stereocenters. The SMILES string of the molecule is C=C[C@]1(C)C[C@@H](OC(=O)COc2cc3c(cc2C)COB3O)[C@]2(C)[C@H](C)CC[C@]3(CCC(=O)[C@H]32)[C@@H](C)[C@@H]1O. The van der Waals surface area contributed by atoms with Gasteiger partial charge in [0.15, 0.2) is 6.61 Å². The highest BCUT2D eigenvalue weighted by molar-refractivity contribution is 6.61. The van der Waals surface area contributed by atoms with Crippen molar-refractivity contribution in [2.45, 2.75) is 85.5 Å². The number of hydrogen-bond acceptors (Lipinski definition) is 7. The largest absolute Gasteiger partial charge is 0.491 e. The van der Waals surface area contributed by atoms with Crippen LogP contribution < -0.4 is 10.2 Å². The molecule has 1 aromatic rings. The van der Waals surface area contributed by atoms with Crippen LogP contribution in [0.2, 0.25) is 0 Å². The number of carbonyl (C=O) groups is 2. The fourth-order valence-corrected chi connectivity index (χ4v) is 8.36. The normalized spacial score (nSPS) is 40.1. The van der Waals surface area contributed by atoms with Gasteiger partial charge in [0.05, 0.1) is 12.7 Å². The molecule has 0 aromatic heterocycles. The third-order valence-electron chi connectivity index (χ3n) is 11.0. The summed E-state index contributed by atoms with van der Waals surface area (Å²) < 4.78 is 17.4. The van der Waals surface area contributed by atoms with Gasteiger partial charge >= 0.3 is 13.1 Å². The van der Waals surface area contributed by atoms with Crippen molar-refractivity contribution in [2.24, 2.45) is 34.0 Å². The van der Waals surface area contributed by atoms with Crippen LogP contribution >= 0.6 is 0 Å². The van der Waals surface area contributed by atoms with Crippen molar-refractivity contribution in [3.8, 4) is 5.75 Å².